The van der Waals surface area contributed by atoms with Gasteiger partial charge in [0.2, 0.25) is 0 Å². The summed E-state index contributed by atoms with van der Waals surface area (Å²) in [5.74, 6) is 3.33. The van der Waals surface area contributed by atoms with E-state index in [1.165, 1.54) is 24.3 Å². The van der Waals surface area contributed by atoms with E-state index in [1.54, 1.807) is 6.07 Å². The lowest BCUT2D eigenvalue weighted by molar-refractivity contribution is 0.316. The van der Waals surface area contributed by atoms with Crippen molar-refractivity contribution >= 4 is 11.8 Å². The summed E-state index contributed by atoms with van der Waals surface area (Å²) in [6.45, 7) is 3.20. The Kier molecular flexibility index (Phi) is 5.20. The molecule has 0 atom stereocenters. The summed E-state index contributed by atoms with van der Waals surface area (Å²) in [7, 11) is 0. The minimum atomic E-state index is 0.275. The second-order valence-corrected chi connectivity index (χ2v) is 5.69. The molecule has 0 radical (unpaired) electrons. The Labute approximate surface area is 113 Å². The van der Waals surface area contributed by atoms with Crippen LogP contribution in [-0.2, 0) is 6.54 Å². The fraction of sp³-hybridized carbons (Fsp3) is 0.571. The lowest BCUT2D eigenvalue weighted by Gasteiger charge is -2.23. The van der Waals surface area contributed by atoms with Gasteiger partial charge in [0.15, 0.2) is 11.5 Å². The first-order chi connectivity index (χ1) is 8.81. The largest absolute Gasteiger partial charge is 0.504 e. The summed E-state index contributed by atoms with van der Waals surface area (Å²) in [6.07, 6.45) is 2.44. The molecule has 1 aromatic rings. The average molecular weight is 267 g/mol. The lowest BCUT2D eigenvalue weighted by Crippen LogP contribution is -2.32. The number of aromatic hydroxyl groups is 1. The molecule has 100 valence electrons. The number of para-hydroxylation sites is 1. The molecule has 0 aliphatic carbocycles. The van der Waals surface area contributed by atoms with Crippen molar-refractivity contribution in [3.63, 3.8) is 0 Å². The second-order valence-electron chi connectivity index (χ2n) is 4.46. The van der Waals surface area contributed by atoms with E-state index in [0.717, 1.165) is 5.56 Å². The van der Waals surface area contributed by atoms with Gasteiger partial charge in [-0.2, -0.15) is 11.8 Å². The number of thioether (sulfide) groups is 1. The summed E-state index contributed by atoms with van der Waals surface area (Å²) >= 11 is 2.02. The molecule has 2 rings (SSSR count). The van der Waals surface area contributed by atoms with Crippen LogP contribution in [0.4, 0.5) is 0 Å². The van der Waals surface area contributed by atoms with Gasteiger partial charge < -0.3 is 15.2 Å². The Hall–Kier alpha value is -0.870. The van der Waals surface area contributed by atoms with E-state index in [0.29, 0.717) is 24.9 Å². The van der Waals surface area contributed by atoms with Crippen LogP contribution in [0, 0.1) is 0 Å². The molecule has 1 saturated heterocycles. The first-order valence-electron chi connectivity index (χ1n) is 6.56. The fourth-order valence-electron chi connectivity index (χ4n) is 2.14. The summed E-state index contributed by atoms with van der Waals surface area (Å²) in [6, 6.07) is 6.27. The Bertz CT molecular complexity index is 378. The van der Waals surface area contributed by atoms with Crippen LogP contribution >= 0.6 is 11.8 Å². The zero-order valence-corrected chi connectivity index (χ0v) is 11.6. The van der Waals surface area contributed by atoms with Crippen LogP contribution in [-0.4, -0.2) is 29.3 Å². The van der Waals surface area contributed by atoms with Crippen LogP contribution < -0.4 is 10.1 Å². The Morgan fingerprint density at radius 1 is 1.39 bits per heavy atom. The maximum Gasteiger partial charge on any atom is 0.162 e. The number of benzene rings is 1. The molecule has 18 heavy (non-hydrogen) atoms. The molecule has 1 fully saturated rings. The predicted molar refractivity (Wildman–Crippen MR) is 76.5 cm³/mol. The number of ether oxygens (including phenoxy) is 1. The van der Waals surface area contributed by atoms with Gasteiger partial charge in [0.05, 0.1) is 6.61 Å². The molecule has 0 spiro atoms. The highest BCUT2D eigenvalue weighted by Gasteiger charge is 2.14. The van der Waals surface area contributed by atoms with Crippen molar-refractivity contribution in [1.29, 1.82) is 0 Å². The average Bonchev–Trinajstić information content (AvgIpc) is 2.41. The highest BCUT2D eigenvalue weighted by Crippen LogP contribution is 2.30. The number of phenols is 1. The van der Waals surface area contributed by atoms with E-state index >= 15 is 0 Å². The maximum absolute atomic E-state index is 10.1. The van der Waals surface area contributed by atoms with Gasteiger partial charge in [-0.15, -0.1) is 0 Å². The minimum Gasteiger partial charge on any atom is -0.504 e. The van der Waals surface area contributed by atoms with Crippen LogP contribution in [0.2, 0.25) is 0 Å². The monoisotopic (exact) mass is 267 g/mol. The van der Waals surface area contributed by atoms with E-state index in [-0.39, 0.29) is 5.75 Å². The van der Waals surface area contributed by atoms with Crippen molar-refractivity contribution in [3.8, 4) is 11.5 Å². The standard InChI is InChI=1S/C14H21NO2S/c1-2-17-13-5-3-4-11(14(13)16)10-15-12-6-8-18-9-7-12/h3-5,12,15-16H,2,6-10H2,1H3. The topological polar surface area (TPSA) is 41.5 Å². The third kappa shape index (κ3) is 3.56. The Morgan fingerprint density at radius 2 is 2.17 bits per heavy atom. The normalized spacial score (nSPS) is 16.7. The number of hydrogen-bond donors (Lipinski definition) is 2. The van der Waals surface area contributed by atoms with Crippen LogP contribution in [0.15, 0.2) is 18.2 Å². The Balaban J connectivity index is 1.93. The molecule has 0 amide bonds. The van der Waals surface area contributed by atoms with Crippen molar-refractivity contribution in [3.05, 3.63) is 23.8 Å². The van der Waals surface area contributed by atoms with E-state index < -0.39 is 0 Å². The van der Waals surface area contributed by atoms with E-state index in [4.69, 9.17) is 4.74 Å². The van der Waals surface area contributed by atoms with Gasteiger partial charge in [-0.25, -0.2) is 0 Å². The molecule has 1 aliphatic rings. The van der Waals surface area contributed by atoms with Crippen LogP contribution in [0.3, 0.4) is 0 Å². The number of nitrogens with one attached hydrogen (secondary N) is 1. The zero-order chi connectivity index (χ0) is 12.8. The van der Waals surface area contributed by atoms with Crippen molar-refractivity contribution in [2.75, 3.05) is 18.1 Å². The molecule has 0 saturated carbocycles. The molecular weight excluding hydrogens is 246 g/mol. The molecule has 0 bridgehead atoms. The van der Waals surface area contributed by atoms with Crippen molar-refractivity contribution in [1.82, 2.24) is 5.32 Å². The molecule has 3 nitrogen and oxygen atoms in total. The van der Waals surface area contributed by atoms with E-state index in [2.05, 4.69) is 5.32 Å². The Morgan fingerprint density at radius 3 is 2.89 bits per heavy atom. The van der Waals surface area contributed by atoms with Gasteiger partial charge in [-0.1, -0.05) is 12.1 Å². The van der Waals surface area contributed by atoms with Gasteiger partial charge in [0.25, 0.3) is 0 Å². The summed E-state index contributed by atoms with van der Waals surface area (Å²) in [5, 5.41) is 13.6. The van der Waals surface area contributed by atoms with Crippen molar-refractivity contribution in [2.45, 2.75) is 32.4 Å². The molecular formula is C14H21NO2S. The minimum absolute atomic E-state index is 0.275. The summed E-state index contributed by atoms with van der Waals surface area (Å²) in [4.78, 5) is 0. The molecule has 1 heterocycles. The molecule has 0 aromatic heterocycles. The van der Waals surface area contributed by atoms with E-state index in [9.17, 15) is 5.11 Å². The highest BCUT2D eigenvalue weighted by molar-refractivity contribution is 7.99. The maximum atomic E-state index is 10.1. The van der Waals surface area contributed by atoms with Gasteiger partial charge in [0.1, 0.15) is 0 Å². The van der Waals surface area contributed by atoms with Crippen molar-refractivity contribution < 1.29 is 9.84 Å². The second kappa shape index (κ2) is 6.90. The first kappa shape index (κ1) is 13.6. The number of hydrogen-bond acceptors (Lipinski definition) is 4. The van der Waals surface area contributed by atoms with Crippen molar-refractivity contribution in [2.24, 2.45) is 0 Å². The summed E-state index contributed by atoms with van der Waals surface area (Å²) in [5.41, 5.74) is 0.916. The van der Waals surface area contributed by atoms with Gasteiger partial charge >= 0.3 is 0 Å². The molecule has 1 aromatic carbocycles. The molecule has 0 unspecified atom stereocenters. The molecule has 2 N–H and O–H groups in total. The highest BCUT2D eigenvalue weighted by atomic mass is 32.2. The third-order valence-electron chi connectivity index (χ3n) is 3.18. The lowest BCUT2D eigenvalue weighted by atomic mass is 10.1. The third-order valence-corrected chi connectivity index (χ3v) is 4.23. The number of phenolic OH excluding ortho intramolecular Hbond substituents is 1. The number of rotatable bonds is 5. The summed E-state index contributed by atoms with van der Waals surface area (Å²) < 4.78 is 5.39. The molecule has 4 heteroatoms. The SMILES string of the molecule is CCOc1cccc(CNC2CCSCC2)c1O. The van der Waals surface area contributed by atoms with Gasteiger partial charge in [0, 0.05) is 18.2 Å². The van der Waals surface area contributed by atoms with Gasteiger partial charge in [-0.05, 0) is 37.3 Å². The first-order valence-corrected chi connectivity index (χ1v) is 7.71. The fourth-order valence-corrected chi connectivity index (χ4v) is 3.24. The van der Waals surface area contributed by atoms with Gasteiger partial charge in [-0.3, -0.25) is 0 Å². The molecule has 1 aliphatic heterocycles. The quantitative estimate of drug-likeness (QED) is 0.861. The van der Waals surface area contributed by atoms with E-state index in [1.807, 2.05) is 30.8 Å². The smallest absolute Gasteiger partial charge is 0.162 e. The van der Waals surface area contributed by atoms with Crippen LogP contribution in [0.25, 0.3) is 0 Å². The van der Waals surface area contributed by atoms with Crippen LogP contribution in [0.1, 0.15) is 25.3 Å². The predicted octanol–water partition coefficient (Wildman–Crippen LogP) is 2.78. The zero-order valence-electron chi connectivity index (χ0n) is 10.8. The van der Waals surface area contributed by atoms with Crippen LogP contribution in [0.5, 0.6) is 11.5 Å².